The Labute approximate surface area is 144 Å². The SMILES string of the molecule is Cc1cnc(COC(=O)c2cc(-c3ccccn3)ccc2Cl)cn1. The van der Waals surface area contributed by atoms with E-state index in [9.17, 15) is 4.79 Å². The maximum Gasteiger partial charge on any atom is 0.340 e. The van der Waals surface area contributed by atoms with Crippen LogP contribution in [0.4, 0.5) is 0 Å². The lowest BCUT2D eigenvalue weighted by Gasteiger charge is -2.08. The van der Waals surface area contributed by atoms with Crippen molar-refractivity contribution < 1.29 is 9.53 Å². The molecule has 0 saturated heterocycles. The van der Waals surface area contributed by atoms with Gasteiger partial charge in [0.1, 0.15) is 6.61 Å². The molecule has 1 aromatic carbocycles. The average molecular weight is 340 g/mol. The van der Waals surface area contributed by atoms with Gasteiger partial charge in [0.25, 0.3) is 0 Å². The van der Waals surface area contributed by atoms with Gasteiger partial charge < -0.3 is 4.74 Å². The van der Waals surface area contributed by atoms with Gasteiger partial charge in [-0.2, -0.15) is 0 Å². The predicted octanol–water partition coefficient (Wildman–Crippen LogP) is 3.86. The van der Waals surface area contributed by atoms with Crippen LogP contribution in [-0.4, -0.2) is 20.9 Å². The number of aromatic nitrogens is 3. The number of nitrogens with zero attached hydrogens (tertiary/aromatic N) is 3. The number of rotatable bonds is 4. The summed E-state index contributed by atoms with van der Waals surface area (Å²) in [5.74, 6) is -0.514. The van der Waals surface area contributed by atoms with Gasteiger partial charge >= 0.3 is 5.97 Å². The monoisotopic (exact) mass is 339 g/mol. The maximum atomic E-state index is 12.3. The molecule has 0 atom stereocenters. The van der Waals surface area contributed by atoms with Crippen molar-refractivity contribution in [3.05, 3.63) is 77.0 Å². The smallest absolute Gasteiger partial charge is 0.340 e. The third kappa shape index (κ3) is 3.75. The first kappa shape index (κ1) is 16.1. The molecule has 0 amide bonds. The summed E-state index contributed by atoms with van der Waals surface area (Å²) in [6.45, 7) is 1.88. The highest BCUT2D eigenvalue weighted by Gasteiger charge is 2.14. The molecule has 0 saturated carbocycles. The van der Waals surface area contributed by atoms with Crippen LogP contribution in [0.25, 0.3) is 11.3 Å². The molecule has 24 heavy (non-hydrogen) atoms. The number of pyridine rings is 1. The molecule has 0 spiro atoms. The fourth-order valence-corrected chi connectivity index (χ4v) is 2.28. The standard InChI is InChI=1S/C18H14ClN3O2/c1-12-9-22-14(10-21-12)11-24-18(23)15-8-13(5-6-16(15)19)17-4-2-3-7-20-17/h2-10H,11H2,1H3. The van der Waals surface area contributed by atoms with E-state index in [-0.39, 0.29) is 6.61 Å². The number of hydrogen-bond acceptors (Lipinski definition) is 5. The van der Waals surface area contributed by atoms with E-state index < -0.39 is 5.97 Å². The molecule has 0 fully saturated rings. The second-order valence-electron chi connectivity index (χ2n) is 5.13. The third-order valence-electron chi connectivity index (χ3n) is 3.33. The van der Waals surface area contributed by atoms with Gasteiger partial charge in [-0.25, -0.2) is 4.79 Å². The summed E-state index contributed by atoms with van der Waals surface area (Å²) in [5.41, 5.74) is 3.22. The molecule has 0 aliphatic heterocycles. The quantitative estimate of drug-likeness (QED) is 0.675. The lowest BCUT2D eigenvalue weighted by atomic mass is 10.1. The van der Waals surface area contributed by atoms with Crippen molar-refractivity contribution >= 4 is 17.6 Å². The summed E-state index contributed by atoms with van der Waals surface area (Å²) in [7, 11) is 0. The topological polar surface area (TPSA) is 65.0 Å². The van der Waals surface area contributed by atoms with Crippen molar-refractivity contribution in [2.24, 2.45) is 0 Å². The summed E-state index contributed by atoms with van der Waals surface area (Å²) in [6.07, 6.45) is 4.89. The second kappa shape index (κ2) is 7.19. The Balaban J connectivity index is 1.78. The van der Waals surface area contributed by atoms with Crippen LogP contribution >= 0.6 is 11.6 Å². The van der Waals surface area contributed by atoms with Crippen LogP contribution in [0.3, 0.4) is 0 Å². The molecule has 6 heteroatoms. The molecule has 0 unspecified atom stereocenters. The van der Waals surface area contributed by atoms with E-state index in [1.165, 1.54) is 0 Å². The van der Waals surface area contributed by atoms with Gasteiger partial charge in [-0.1, -0.05) is 23.7 Å². The predicted molar refractivity (Wildman–Crippen MR) is 90.6 cm³/mol. The number of aryl methyl sites for hydroxylation is 1. The highest BCUT2D eigenvalue weighted by atomic mass is 35.5. The van der Waals surface area contributed by atoms with E-state index in [4.69, 9.17) is 16.3 Å². The molecule has 2 heterocycles. The van der Waals surface area contributed by atoms with E-state index in [0.29, 0.717) is 16.3 Å². The fraction of sp³-hybridized carbons (Fsp3) is 0.111. The van der Waals surface area contributed by atoms with E-state index in [2.05, 4.69) is 15.0 Å². The largest absolute Gasteiger partial charge is 0.455 e. The van der Waals surface area contributed by atoms with E-state index in [1.807, 2.05) is 31.2 Å². The van der Waals surface area contributed by atoms with Gasteiger partial charge in [0.2, 0.25) is 0 Å². The number of hydrogen-bond donors (Lipinski definition) is 0. The van der Waals surface area contributed by atoms with Gasteiger partial charge in [-0.15, -0.1) is 0 Å². The van der Waals surface area contributed by atoms with Crippen molar-refractivity contribution in [2.45, 2.75) is 13.5 Å². The molecule has 0 aliphatic carbocycles. The minimum atomic E-state index is -0.514. The van der Waals surface area contributed by atoms with Crippen LogP contribution in [0.2, 0.25) is 5.02 Å². The first-order chi connectivity index (χ1) is 11.6. The van der Waals surface area contributed by atoms with Crippen LogP contribution in [0.5, 0.6) is 0 Å². The highest BCUT2D eigenvalue weighted by molar-refractivity contribution is 6.33. The lowest BCUT2D eigenvalue weighted by Crippen LogP contribution is -2.07. The Hall–Kier alpha value is -2.79. The summed E-state index contributed by atoms with van der Waals surface area (Å²) in [6, 6.07) is 10.7. The zero-order chi connectivity index (χ0) is 16.9. The number of benzene rings is 1. The molecule has 2 aromatic heterocycles. The number of carbonyl (C=O) groups is 1. The molecule has 0 radical (unpaired) electrons. The van der Waals surface area contributed by atoms with Gasteiger partial charge in [-0.3, -0.25) is 15.0 Å². The Kier molecular flexibility index (Phi) is 4.82. The molecule has 120 valence electrons. The number of ether oxygens (including phenoxy) is 1. The van der Waals surface area contributed by atoms with Crippen LogP contribution in [-0.2, 0) is 11.3 Å². The number of carbonyl (C=O) groups excluding carboxylic acids is 1. The minimum Gasteiger partial charge on any atom is -0.455 e. The molecule has 3 rings (SSSR count). The van der Waals surface area contributed by atoms with Crippen molar-refractivity contribution in [2.75, 3.05) is 0 Å². The van der Waals surface area contributed by atoms with Crippen LogP contribution < -0.4 is 0 Å². The fourth-order valence-electron chi connectivity index (χ4n) is 2.09. The molecule has 0 aliphatic rings. The van der Waals surface area contributed by atoms with E-state index in [1.54, 1.807) is 30.7 Å². The van der Waals surface area contributed by atoms with Crippen molar-refractivity contribution in [1.29, 1.82) is 0 Å². The Morgan fingerprint density at radius 3 is 2.71 bits per heavy atom. The van der Waals surface area contributed by atoms with Crippen LogP contribution in [0.15, 0.2) is 55.0 Å². The molecule has 5 nitrogen and oxygen atoms in total. The molecular formula is C18H14ClN3O2. The van der Waals surface area contributed by atoms with Crippen molar-refractivity contribution in [3.8, 4) is 11.3 Å². The summed E-state index contributed by atoms with van der Waals surface area (Å²) in [5, 5.41) is 0.328. The second-order valence-corrected chi connectivity index (χ2v) is 5.54. The average Bonchev–Trinajstić information content (AvgIpc) is 2.62. The number of esters is 1. The molecule has 0 bridgehead atoms. The zero-order valence-electron chi connectivity index (χ0n) is 12.9. The molecule has 3 aromatic rings. The summed E-state index contributed by atoms with van der Waals surface area (Å²) in [4.78, 5) is 24.8. The Morgan fingerprint density at radius 2 is 2.00 bits per heavy atom. The summed E-state index contributed by atoms with van der Waals surface area (Å²) >= 11 is 6.13. The van der Waals surface area contributed by atoms with Gasteiger partial charge in [0.05, 0.1) is 33.9 Å². The van der Waals surface area contributed by atoms with Gasteiger partial charge in [0, 0.05) is 18.0 Å². The van der Waals surface area contributed by atoms with Gasteiger partial charge in [0.15, 0.2) is 0 Å². The normalized spacial score (nSPS) is 10.4. The third-order valence-corrected chi connectivity index (χ3v) is 3.66. The number of halogens is 1. The summed E-state index contributed by atoms with van der Waals surface area (Å²) < 4.78 is 5.28. The van der Waals surface area contributed by atoms with E-state index in [0.717, 1.165) is 17.0 Å². The van der Waals surface area contributed by atoms with Crippen LogP contribution in [0, 0.1) is 6.92 Å². The Bertz CT molecular complexity index is 852. The van der Waals surface area contributed by atoms with Crippen molar-refractivity contribution in [1.82, 2.24) is 15.0 Å². The Morgan fingerprint density at radius 1 is 1.12 bits per heavy atom. The molecular weight excluding hydrogens is 326 g/mol. The van der Waals surface area contributed by atoms with Gasteiger partial charge in [-0.05, 0) is 31.2 Å². The maximum absolute atomic E-state index is 12.3. The first-order valence-corrected chi connectivity index (χ1v) is 7.67. The van der Waals surface area contributed by atoms with E-state index >= 15 is 0 Å². The van der Waals surface area contributed by atoms with Crippen LogP contribution in [0.1, 0.15) is 21.7 Å². The molecule has 0 N–H and O–H groups in total. The lowest BCUT2D eigenvalue weighted by molar-refractivity contribution is 0.0467. The highest BCUT2D eigenvalue weighted by Crippen LogP contribution is 2.24. The van der Waals surface area contributed by atoms with Crippen molar-refractivity contribution in [3.63, 3.8) is 0 Å². The first-order valence-electron chi connectivity index (χ1n) is 7.29. The minimum absolute atomic E-state index is 0.0380. The zero-order valence-corrected chi connectivity index (χ0v) is 13.7.